The topological polar surface area (TPSA) is 128 Å². The zero-order valence-electron chi connectivity index (χ0n) is 13.3. The van der Waals surface area contributed by atoms with Gasteiger partial charge in [0.2, 0.25) is 10.0 Å². The average molecular weight is 387 g/mol. The van der Waals surface area contributed by atoms with Crippen molar-refractivity contribution >= 4 is 39.0 Å². The van der Waals surface area contributed by atoms with Gasteiger partial charge in [0.15, 0.2) is 0 Å². The molecule has 0 unspecified atom stereocenters. The zero-order valence-corrected chi connectivity index (χ0v) is 15.0. The summed E-state index contributed by atoms with van der Waals surface area (Å²) in [5.74, 6) is 0. The van der Waals surface area contributed by atoms with E-state index in [1.54, 1.807) is 0 Å². The number of hydrogen-bond acceptors (Lipinski definition) is 6. The van der Waals surface area contributed by atoms with Crippen molar-refractivity contribution < 1.29 is 13.3 Å². The van der Waals surface area contributed by atoms with Gasteiger partial charge in [-0.25, -0.2) is 13.1 Å². The van der Waals surface area contributed by atoms with E-state index in [2.05, 4.69) is 9.71 Å². The Bertz CT molecular complexity index is 898. The maximum Gasteiger partial charge on any atom is 0.278 e. The molecule has 136 valence electrons. The first-order valence-electron chi connectivity index (χ1n) is 7.65. The number of nitrogens with one attached hydrogen (secondary N) is 1. The summed E-state index contributed by atoms with van der Waals surface area (Å²) in [5.41, 5.74) is 5.06. The van der Waals surface area contributed by atoms with Crippen molar-refractivity contribution in [3.8, 4) is 0 Å². The number of rotatable bonds is 5. The molecule has 1 heterocycles. The third-order valence-corrected chi connectivity index (χ3v) is 6.11. The van der Waals surface area contributed by atoms with E-state index in [-0.39, 0.29) is 40.4 Å². The molecule has 0 bridgehead atoms. The third kappa shape index (κ3) is 3.59. The largest absolute Gasteiger partial charge is 0.329 e. The van der Waals surface area contributed by atoms with Gasteiger partial charge in [-0.05, 0) is 31.0 Å². The van der Waals surface area contributed by atoms with Gasteiger partial charge in [0, 0.05) is 24.3 Å². The predicted octanol–water partition coefficient (Wildman–Crippen LogP) is 2.11. The molecule has 0 aliphatic heterocycles. The van der Waals surface area contributed by atoms with Crippen molar-refractivity contribution in [2.45, 2.75) is 36.1 Å². The van der Waals surface area contributed by atoms with E-state index in [1.165, 1.54) is 30.5 Å². The van der Waals surface area contributed by atoms with Gasteiger partial charge in [-0.15, -0.1) is 12.4 Å². The van der Waals surface area contributed by atoms with E-state index < -0.39 is 20.5 Å². The molecule has 2 aromatic rings. The molecule has 1 aromatic carbocycles. The molecular weight excluding hydrogens is 368 g/mol. The number of nitrogens with zero attached hydrogens (tertiary/aromatic N) is 2. The van der Waals surface area contributed by atoms with E-state index in [0.717, 1.165) is 12.8 Å². The molecule has 1 aromatic heterocycles. The van der Waals surface area contributed by atoms with Crippen molar-refractivity contribution in [2.75, 3.05) is 6.54 Å². The van der Waals surface area contributed by atoms with Gasteiger partial charge in [-0.2, -0.15) is 0 Å². The van der Waals surface area contributed by atoms with Crippen LogP contribution in [0.2, 0.25) is 0 Å². The minimum atomic E-state index is -3.90. The van der Waals surface area contributed by atoms with Crippen LogP contribution >= 0.6 is 12.4 Å². The van der Waals surface area contributed by atoms with Crippen LogP contribution in [-0.4, -0.2) is 30.4 Å². The summed E-state index contributed by atoms with van der Waals surface area (Å²) in [5, 5.41) is 11.3. The number of pyridine rings is 1. The summed E-state index contributed by atoms with van der Waals surface area (Å²) >= 11 is 0. The number of nitrogens with two attached hydrogens (primary N) is 1. The third-order valence-electron chi connectivity index (χ3n) is 4.50. The molecule has 25 heavy (non-hydrogen) atoms. The number of aromatic nitrogens is 1. The van der Waals surface area contributed by atoms with Gasteiger partial charge < -0.3 is 5.73 Å². The lowest BCUT2D eigenvalue weighted by Crippen LogP contribution is -2.51. The van der Waals surface area contributed by atoms with Crippen molar-refractivity contribution in [1.82, 2.24) is 9.71 Å². The molecule has 0 amide bonds. The fourth-order valence-electron chi connectivity index (χ4n) is 3.25. The Morgan fingerprint density at radius 1 is 1.28 bits per heavy atom. The lowest BCUT2D eigenvalue weighted by atomic mass is 10.0. The number of nitro groups is 1. The molecule has 3 rings (SSSR count). The van der Waals surface area contributed by atoms with Gasteiger partial charge in [0.05, 0.1) is 15.8 Å². The minimum absolute atomic E-state index is 0. The highest BCUT2D eigenvalue weighted by atomic mass is 35.5. The van der Waals surface area contributed by atoms with Crippen molar-refractivity contribution in [2.24, 2.45) is 5.73 Å². The fraction of sp³-hybridized carbons (Fsp3) is 0.400. The van der Waals surface area contributed by atoms with E-state index in [1.807, 2.05) is 0 Å². The molecule has 0 spiro atoms. The maximum atomic E-state index is 12.9. The number of sulfonamides is 1. The standard InChI is InChI=1S/C15H18N4O4S.ClH/c16-10-15(7-1-2-8-15)18-24(22,23)13-6-5-12(19(20)21)11-4-3-9-17-14(11)13;/h3-6,9,18H,1-2,7-8,10,16H2;1H. The molecule has 1 aliphatic carbocycles. The van der Waals surface area contributed by atoms with Crippen molar-refractivity contribution in [1.29, 1.82) is 0 Å². The average Bonchev–Trinajstić information content (AvgIpc) is 3.01. The second-order valence-corrected chi connectivity index (χ2v) is 7.69. The van der Waals surface area contributed by atoms with Gasteiger partial charge in [-0.1, -0.05) is 12.8 Å². The quantitative estimate of drug-likeness (QED) is 0.598. The van der Waals surface area contributed by atoms with Crippen LogP contribution in [0, 0.1) is 10.1 Å². The fourth-order valence-corrected chi connectivity index (χ4v) is 4.88. The first-order chi connectivity index (χ1) is 11.4. The van der Waals surface area contributed by atoms with Crippen LogP contribution in [0.15, 0.2) is 35.4 Å². The van der Waals surface area contributed by atoms with Gasteiger partial charge in [0.25, 0.3) is 5.69 Å². The Morgan fingerprint density at radius 2 is 1.96 bits per heavy atom. The zero-order chi connectivity index (χ0) is 17.4. The molecule has 1 saturated carbocycles. The van der Waals surface area contributed by atoms with Crippen LogP contribution < -0.4 is 10.5 Å². The Kier molecular flexibility index (Phi) is 5.62. The second-order valence-electron chi connectivity index (χ2n) is 6.04. The number of halogens is 1. The molecule has 10 heteroatoms. The van der Waals surface area contributed by atoms with Gasteiger partial charge >= 0.3 is 0 Å². The van der Waals surface area contributed by atoms with Crippen LogP contribution in [0.3, 0.4) is 0 Å². The van der Waals surface area contributed by atoms with Crippen LogP contribution in [0.4, 0.5) is 5.69 Å². The summed E-state index contributed by atoms with van der Waals surface area (Å²) in [4.78, 5) is 14.6. The van der Waals surface area contributed by atoms with E-state index >= 15 is 0 Å². The number of fused-ring (bicyclic) bond motifs is 1. The van der Waals surface area contributed by atoms with Crippen molar-refractivity contribution in [3.05, 3.63) is 40.6 Å². The molecule has 8 nitrogen and oxygen atoms in total. The van der Waals surface area contributed by atoms with Crippen LogP contribution in [0.5, 0.6) is 0 Å². The lowest BCUT2D eigenvalue weighted by molar-refractivity contribution is -0.383. The van der Waals surface area contributed by atoms with Gasteiger partial charge in [-0.3, -0.25) is 15.1 Å². The monoisotopic (exact) mass is 386 g/mol. The molecule has 1 aliphatic rings. The Hall–Kier alpha value is -1.81. The number of non-ortho nitro benzene ring substituents is 1. The smallest absolute Gasteiger partial charge is 0.278 e. The highest BCUT2D eigenvalue weighted by Gasteiger charge is 2.37. The highest BCUT2D eigenvalue weighted by molar-refractivity contribution is 7.89. The number of nitro benzene ring substituents is 1. The molecular formula is C15H19ClN4O4S. The predicted molar refractivity (Wildman–Crippen MR) is 96.2 cm³/mol. The van der Waals surface area contributed by atoms with Crippen molar-refractivity contribution in [3.63, 3.8) is 0 Å². The highest BCUT2D eigenvalue weighted by Crippen LogP contribution is 2.33. The first-order valence-corrected chi connectivity index (χ1v) is 9.13. The second kappa shape index (κ2) is 7.20. The molecule has 1 fully saturated rings. The Labute approximate surface area is 151 Å². The van der Waals surface area contributed by atoms with E-state index in [9.17, 15) is 18.5 Å². The number of hydrogen-bond donors (Lipinski definition) is 2. The van der Waals surface area contributed by atoms with E-state index in [0.29, 0.717) is 12.8 Å². The molecule has 0 radical (unpaired) electrons. The van der Waals surface area contributed by atoms with Crippen LogP contribution in [-0.2, 0) is 10.0 Å². The molecule has 0 atom stereocenters. The van der Waals surface area contributed by atoms with Crippen LogP contribution in [0.1, 0.15) is 25.7 Å². The maximum absolute atomic E-state index is 12.9. The lowest BCUT2D eigenvalue weighted by Gasteiger charge is -2.28. The Balaban J connectivity index is 0.00000225. The SMILES string of the molecule is Cl.NCC1(NS(=O)(=O)c2ccc([N+](=O)[O-])c3cccnc23)CCCC1. The summed E-state index contributed by atoms with van der Waals surface area (Å²) in [6.07, 6.45) is 4.61. The molecule has 0 saturated heterocycles. The normalized spacial score (nSPS) is 16.5. The minimum Gasteiger partial charge on any atom is -0.329 e. The first kappa shape index (κ1) is 19.5. The van der Waals surface area contributed by atoms with E-state index in [4.69, 9.17) is 5.73 Å². The number of benzene rings is 1. The summed E-state index contributed by atoms with van der Waals surface area (Å²) in [6, 6.07) is 5.46. The summed E-state index contributed by atoms with van der Waals surface area (Å²) in [6.45, 7) is 0.213. The molecule has 3 N–H and O–H groups in total. The Morgan fingerprint density at radius 3 is 2.56 bits per heavy atom. The van der Waals surface area contributed by atoms with Crippen LogP contribution in [0.25, 0.3) is 10.9 Å². The van der Waals surface area contributed by atoms with Gasteiger partial charge in [0.1, 0.15) is 4.90 Å². The summed E-state index contributed by atoms with van der Waals surface area (Å²) in [7, 11) is -3.90. The summed E-state index contributed by atoms with van der Waals surface area (Å²) < 4.78 is 28.5.